The molecule has 7 nitrogen and oxygen atoms in total. The quantitative estimate of drug-likeness (QED) is 0.706. The molecule has 20 heavy (non-hydrogen) atoms. The van der Waals surface area contributed by atoms with Gasteiger partial charge in [-0.05, 0) is 19.8 Å². The van der Waals surface area contributed by atoms with E-state index in [0.29, 0.717) is 19.3 Å². The summed E-state index contributed by atoms with van der Waals surface area (Å²) in [7, 11) is 0.617. The summed E-state index contributed by atoms with van der Waals surface area (Å²) < 4.78 is 31.6. The standard InChI is InChI=1S/C12H22N2O5S/c1-8(11(15)14(2)3)13-20(17,18)10-7-5-6-9(10)12(16)19-4/h8-10,13H,5-7H2,1-4H3. The third-order valence-electron chi connectivity index (χ3n) is 3.51. The van der Waals surface area contributed by atoms with Crippen LogP contribution in [0.25, 0.3) is 0 Å². The normalized spacial score (nSPS) is 24.2. The van der Waals surface area contributed by atoms with Crippen molar-refractivity contribution in [1.82, 2.24) is 9.62 Å². The third-order valence-corrected chi connectivity index (χ3v) is 5.55. The van der Waals surface area contributed by atoms with Crippen molar-refractivity contribution in [3.05, 3.63) is 0 Å². The van der Waals surface area contributed by atoms with Gasteiger partial charge in [-0.2, -0.15) is 0 Å². The number of nitrogens with one attached hydrogen (secondary N) is 1. The minimum Gasteiger partial charge on any atom is -0.469 e. The fraction of sp³-hybridized carbons (Fsp3) is 0.833. The number of hydrogen-bond acceptors (Lipinski definition) is 5. The predicted molar refractivity (Wildman–Crippen MR) is 73.4 cm³/mol. The summed E-state index contributed by atoms with van der Waals surface area (Å²) >= 11 is 0. The molecule has 3 unspecified atom stereocenters. The fourth-order valence-electron chi connectivity index (χ4n) is 2.49. The van der Waals surface area contributed by atoms with E-state index in [-0.39, 0.29) is 5.91 Å². The highest BCUT2D eigenvalue weighted by atomic mass is 32.2. The monoisotopic (exact) mass is 306 g/mol. The van der Waals surface area contributed by atoms with Crippen molar-refractivity contribution in [2.45, 2.75) is 37.5 Å². The summed E-state index contributed by atoms with van der Waals surface area (Å²) in [6.07, 6.45) is 1.55. The fourth-order valence-corrected chi connectivity index (χ4v) is 4.42. The first-order chi connectivity index (χ1) is 9.20. The van der Waals surface area contributed by atoms with Gasteiger partial charge in [-0.25, -0.2) is 13.1 Å². The van der Waals surface area contributed by atoms with E-state index < -0.39 is 33.2 Å². The van der Waals surface area contributed by atoms with Crippen LogP contribution in [0, 0.1) is 5.92 Å². The number of ether oxygens (including phenoxy) is 1. The Hall–Kier alpha value is -1.15. The first-order valence-corrected chi connectivity index (χ1v) is 8.05. The summed E-state index contributed by atoms with van der Waals surface area (Å²) in [6, 6.07) is -0.853. The molecule has 1 N–H and O–H groups in total. The smallest absolute Gasteiger partial charge is 0.310 e. The average Bonchev–Trinajstić information content (AvgIpc) is 2.86. The van der Waals surface area contributed by atoms with E-state index in [1.165, 1.54) is 18.9 Å². The molecular formula is C12H22N2O5S. The summed E-state index contributed by atoms with van der Waals surface area (Å²) in [5, 5.41) is -0.827. The molecule has 0 bridgehead atoms. The van der Waals surface area contributed by atoms with Crippen molar-refractivity contribution in [1.29, 1.82) is 0 Å². The van der Waals surface area contributed by atoms with E-state index in [1.807, 2.05) is 0 Å². The number of hydrogen-bond donors (Lipinski definition) is 1. The summed E-state index contributed by atoms with van der Waals surface area (Å²) in [5.74, 6) is -1.50. The van der Waals surface area contributed by atoms with Crippen molar-refractivity contribution in [3.63, 3.8) is 0 Å². The molecule has 0 aromatic carbocycles. The van der Waals surface area contributed by atoms with Crippen molar-refractivity contribution < 1.29 is 22.7 Å². The van der Waals surface area contributed by atoms with Gasteiger partial charge in [0.2, 0.25) is 15.9 Å². The van der Waals surface area contributed by atoms with E-state index in [1.54, 1.807) is 14.1 Å². The molecule has 116 valence electrons. The lowest BCUT2D eigenvalue weighted by atomic mass is 10.1. The second-order valence-electron chi connectivity index (χ2n) is 5.22. The van der Waals surface area contributed by atoms with Gasteiger partial charge < -0.3 is 9.64 Å². The van der Waals surface area contributed by atoms with Gasteiger partial charge in [0.05, 0.1) is 24.3 Å². The van der Waals surface area contributed by atoms with Crippen LogP contribution in [0.15, 0.2) is 0 Å². The second-order valence-corrected chi connectivity index (χ2v) is 7.15. The Morgan fingerprint density at radius 1 is 1.30 bits per heavy atom. The minimum absolute atomic E-state index is 0.332. The molecule has 1 fully saturated rings. The molecule has 0 spiro atoms. The molecule has 1 saturated carbocycles. The predicted octanol–water partition coefficient (Wildman–Crippen LogP) is -0.276. The zero-order valence-corrected chi connectivity index (χ0v) is 13.1. The van der Waals surface area contributed by atoms with Gasteiger partial charge >= 0.3 is 5.97 Å². The zero-order chi connectivity index (χ0) is 15.5. The number of likely N-dealkylation sites (N-methyl/N-ethyl adjacent to an activating group) is 1. The number of esters is 1. The number of nitrogens with zero attached hydrogens (tertiary/aromatic N) is 1. The lowest BCUT2D eigenvalue weighted by Gasteiger charge is -2.22. The number of sulfonamides is 1. The van der Waals surface area contributed by atoms with Gasteiger partial charge in [-0.3, -0.25) is 9.59 Å². The molecule has 1 amide bonds. The van der Waals surface area contributed by atoms with Crippen LogP contribution in [0.5, 0.6) is 0 Å². The molecule has 0 aromatic rings. The highest BCUT2D eigenvalue weighted by Gasteiger charge is 2.43. The van der Waals surface area contributed by atoms with E-state index in [4.69, 9.17) is 0 Å². The van der Waals surface area contributed by atoms with Crippen LogP contribution in [0.2, 0.25) is 0 Å². The van der Waals surface area contributed by atoms with Crippen molar-refractivity contribution in [2.24, 2.45) is 5.92 Å². The van der Waals surface area contributed by atoms with Crippen molar-refractivity contribution >= 4 is 21.9 Å². The maximum absolute atomic E-state index is 12.3. The van der Waals surface area contributed by atoms with Crippen molar-refractivity contribution in [3.8, 4) is 0 Å². The van der Waals surface area contributed by atoms with Crippen LogP contribution < -0.4 is 4.72 Å². The molecule has 1 aliphatic carbocycles. The molecule has 0 radical (unpaired) electrons. The van der Waals surface area contributed by atoms with Gasteiger partial charge in [0, 0.05) is 14.1 Å². The highest BCUT2D eigenvalue weighted by Crippen LogP contribution is 2.31. The van der Waals surface area contributed by atoms with Gasteiger partial charge in [-0.1, -0.05) is 6.42 Å². The lowest BCUT2D eigenvalue weighted by Crippen LogP contribution is -2.48. The molecule has 1 aliphatic rings. The Morgan fingerprint density at radius 2 is 1.90 bits per heavy atom. The van der Waals surface area contributed by atoms with Crippen LogP contribution in [-0.4, -0.2) is 57.7 Å². The Kier molecular flexibility index (Phi) is 5.52. The molecule has 0 aromatic heterocycles. The van der Waals surface area contributed by atoms with Crippen LogP contribution in [-0.2, 0) is 24.3 Å². The number of carbonyl (C=O) groups is 2. The number of amides is 1. The largest absolute Gasteiger partial charge is 0.469 e. The molecular weight excluding hydrogens is 284 g/mol. The Morgan fingerprint density at radius 3 is 2.40 bits per heavy atom. The first-order valence-electron chi connectivity index (χ1n) is 6.51. The topological polar surface area (TPSA) is 92.8 Å². The van der Waals surface area contributed by atoms with Gasteiger partial charge in [0.15, 0.2) is 0 Å². The first kappa shape index (κ1) is 16.9. The molecule has 3 atom stereocenters. The third kappa shape index (κ3) is 3.69. The molecule has 1 rings (SSSR count). The molecule has 0 saturated heterocycles. The molecule has 8 heteroatoms. The summed E-state index contributed by atoms with van der Waals surface area (Å²) in [6.45, 7) is 1.49. The number of carbonyl (C=O) groups excluding carboxylic acids is 2. The van der Waals surface area contributed by atoms with E-state index in [0.717, 1.165) is 0 Å². The number of methoxy groups -OCH3 is 1. The van der Waals surface area contributed by atoms with E-state index >= 15 is 0 Å². The molecule has 0 aliphatic heterocycles. The van der Waals surface area contributed by atoms with E-state index in [9.17, 15) is 18.0 Å². The Bertz CT molecular complexity index is 474. The van der Waals surface area contributed by atoms with Crippen LogP contribution >= 0.6 is 0 Å². The second kappa shape index (κ2) is 6.53. The maximum atomic E-state index is 12.3. The molecule has 0 heterocycles. The number of rotatable bonds is 5. The Labute approximate surface area is 119 Å². The van der Waals surface area contributed by atoms with Crippen LogP contribution in [0.3, 0.4) is 0 Å². The zero-order valence-electron chi connectivity index (χ0n) is 12.3. The SMILES string of the molecule is COC(=O)C1CCCC1S(=O)(=O)NC(C)C(=O)N(C)C. The van der Waals surface area contributed by atoms with Crippen molar-refractivity contribution in [2.75, 3.05) is 21.2 Å². The average molecular weight is 306 g/mol. The van der Waals surface area contributed by atoms with Crippen LogP contribution in [0.1, 0.15) is 26.2 Å². The van der Waals surface area contributed by atoms with Gasteiger partial charge in [0.1, 0.15) is 0 Å². The maximum Gasteiger partial charge on any atom is 0.310 e. The van der Waals surface area contributed by atoms with Crippen LogP contribution in [0.4, 0.5) is 0 Å². The summed E-state index contributed by atoms with van der Waals surface area (Å²) in [4.78, 5) is 24.6. The van der Waals surface area contributed by atoms with E-state index in [2.05, 4.69) is 9.46 Å². The summed E-state index contributed by atoms with van der Waals surface area (Å²) in [5.41, 5.74) is 0. The lowest BCUT2D eigenvalue weighted by molar-refractivity contribution is -0.145. The van der Waals surface area contributed by atoms with Gasteiger partial charge in [-0.15, -0.1) is 0 Å². The highest BCUT2D eigenvalue weighted by molar-refractivity contribution is 7.90. The minimum atomic E-state index is -3.74. The van der Waals surface area contributed by atoms with Gasteiger partial charge in [0.25, 0.3) is 0 Å². The Balaban J connectivity index is 2.83.